The third-order valence-corrected chi connectivity index (χ3v) is 11.1. The molecular weight excluding hydrogens is 429 g/mol. The minimum atomic E-state index is -4.49. The zero-order valence-corrected chi connectivity index (χ0v) is 19.6. The van der Waals surface area contributed by atoms with E-state index in [0.29, 0.717) is 32.5 Å². The Kier molecular flexibility index (Phi) is 6.42. The van der Waals surface area contributed by atoms with Crippen LogP contribution >= 0.6 is 0 Å². The molecule has 7 nitrogen and oxygen atoms in total. The quantitative estimate of drug-likeness (QED) is 0.696. The van der Waals surface area contributed by atoms with Gasteiger partial charge in [0, 0.05) is 32.0 Å². The molecule has 1 aromatic rings. The molecule has 0 bridgehead atoms. The van der Waals surface area contributed by atoms with Crippen molar-refractivity contribution < 1.29 is 27.5 Å². The maximum Gasteiger partial charge on any atom is 0.419 e. The van der Waals surface area contributed by atoms with E-state index in [1.807, 2.05) is 4.90 Å². The summed E-state index contributed by atoms with van der Waals surface area (Å²) in [5, 5.41) is 9.87. The van der Waals surface area contributed by atoms with Crippen molar-refractivity contribution in [2.45, 2.75) is 76.2 Å². The number of aliphatic hydroxyl groups is 1. The Hall–Kier alpha value is -1.72. The number of alkyl halides is 3. The van der Waals surface area contributed by atoms with Gasteiger partial charge in [0.25, 0.3) is 5.91 Å². The third-order valence-electron chi connectivity index (χ3n) is 6.64. The Balaban J connectivity index is 1.84. The van der Waals surface area contributed by atoms with Crippen LogP contribution in [0.1, 0.15) is 39.2 Å². The lowest BCUT2D eigenvalue weighted by Crippen LogP contribution is -2.60. The summed E-state index contributed by atoms with van der Waals surface area (Å²) < 4.78 is 45.2. The summed E-state index contributed by atoms with van der Waals surface area (Å²) in [6.45, 7) is 11.9. The van der Waals surface area contributed by atoms with Gasteiger partial charge < -0.3 is 19.3 Å². The van der Waals surface area contributed by atoms with E-state index in [1.54, 1.807) is 4.90 Å². The number of carbonyl (C=O) groups is 1. The first-order valence-electron chi connectivity index (χ1n) is 10.5. The highest BCUT2D eigenvalue weighted by Gasteiger charge is 2.46. The van der Waals surface area contributed by atoms with Gasteiger partial charge in [0.1, 0.15) is 6.10 Å². The summed E-state index contributed by atoms with van der Waals surface area (Å²) >= 11 is 0. The fourth-order valence-corrected chi connectivity index (χ4v) is 5.10. The number of hydrogen-bond donors (Lipinski definition) is 1. The van der Waals surface area contributed by atoms with E-state index in [0.717, 1.165) is 12.4 Å². The summed E-state index contributed by atoms with van der Waals surface area (Å²) in [5.41, 5.74) is -0.892. The van der Waals surface area contributed by atoms with Crippen LogP contribution in [0, 0.1) is 0 Å². The lowest BCUT2D eigenvalue weighted by atomic mass is 10.0. The summed E-state index contributed by atoms with van der Waals surface area (Å²) in [5.74, 6) is -0.0730. The van der Waals surface area contributed by atoms with Gasteiger partial charge in [0.15, 0.2) is 8.32 Å². The Bertz CT molecular complexity index is 798. The number of hydrogen-bond acceptors (Lipinski definition) is 6. The predicted octanol–water partition coefficient (Wildman–Crippen LogP) is 3.06. The fraction of sp³-hybridized carbons (Fsp3) is 0.750. The van der Waals surface area contributed by atoms with E-state index >= 15 is 0 Å². The van der Waals surface area contributed by atoms with Gasteiger partial charge in [0.2, 0.25) is 5.95 Å². The molecule has 0 saturated carbocycles. The molecule has 0 aromatic carbocycles. The average Bonchev–Trinajstić information content (AvgIpc) is 2.99. The highest BCUT2D eigenvalue weighted by molar-refractivity contribution is 6.74. The van der Waals surface area contributed by atoms with Crippen LogP contribution in [0.5, 0.6) is 0 Å². The number of nitrogens with zero attached hydrogens (tertiary/aromatic N) is 4. The van der Waals surface area contributed by atoms with Crippen LogP contribution in [-0.4, -0.2) is 72.1 Å². The number of halogens is 3. The van der Waals surface area contributed by atoms with Crippen molar-refractivity contribution in [1.29, 1.82) is 0 Å². The molecule has 2 aliphatic heterocycles. The van der Waals surface area contributed by atoms with Crippen LogP contribution in [0.25, 0.3) is 0 Å². The third kappa shape index (κ3) is 5.03. The molecule has 0 aliphatic carbocycles. The van der Waals surface area contributed by atoms with Gasteiger partial charge in [-0.3, -0.25) is 4.79 Å². The first-order valence-corrected chi connectivity index (χ1v) is 13.4. The maximum atomic E-state index is 12.8. The Morgan fingerprint density at radius 3 is 2.23 bits per heavy atom. The number of aliphatic hydroxyl groups excluding tert-OH is 1. The van der Waals surface area contributed by atoms with Gasteiger partial charge in [-0.2, -0.15) is 13.2 Å². The van der Waals surface area contributed by atoms with E-state index < -0.39 is 26.2 Å². The van der Waals surface area contributed by atoms with Crippen molar-refractivity contribution in [2.75, 3.05) is 24.5 Å². The summed E-state index contributed by atoms with van der Waals surface area (Å²) in [4.78, 5) is 23.9. The topological polar surface area (TPSA) is 78.8 Å². The second kappa shape index (κ2) is 8.32. The van der Waals surface area contributed by atoms with Gasteiger partial charge in [-0.15, -0.1) is 0 Å². The number of aromatic nitrogens is 2. The molecular formula is C20H31F3N4O3Si. The molecule has 174 valence electrons. The number of piperidine rings is 1. The van der Waals surface area contributed by atoms with Gasteiger partial charge in [-0.1, -0.05) is 20.8 Å². The number of rotatable bonds is 4. The molecule has 3 rings (SSSR count). The monoisotopic (exact) mass is 460 g/mol. The molecule has 11 heteroatoms. The normalized spacial score (nSPS) is 26.0. The average molecular weight is 461 g/mol. The van der Waals surface area contributed by atoms with Crippen molar-refractivity contribution in [3.05, 3.63) is 18.0 Å². The molecule has 31 heavy (non-hydrogen) atoms. The smallest absolute Gasteiger partial charge is 0.410 e. The molecule has 0 radical (unpaired) electrons. The van der Waals surface area contributed by atoms with Crippen LogP contribution in [0.3, 0.4) is 0 Å². The van der Waals surface area contributed by atoms with Crippen molar-refractivity contribution in [3.63, 3.8) is 0 Å². The Morgan fingerprint density at radius 2 is 1.74 bits per heavy atom. The first-order chi connectivity index (χ1) is 14.2. The predicted molar refractivity (Wildman–Crippen MR) is 112 cm³/mol. The van der Waals surface area contributed by atoms with Gasteiger partial charge in [-0.25, -0.2) is 9.97 Å². The van der Waals surface area contributed by atoms with E-state index in [2.05, 4.69) is 43.8 Å². The summed E-state index contributed by atoms with van der Waals surface area (Å²) in [6.07, 6.45) is -3.29. The zero-order valence-electron chi connectivity index (χ0n) is 18.6. The molecule has 3 heterocycles. The molecule has 0 spiro atoms. The Morgan fingerprint density at radius 1 is 1.13 bits per heavy atom. The Labute approximate surface area is 181 Å². The zero-order chi connectivity index (χ0) is 23.2. The van der Waals surface area contributed by atoms with Crippen LogP contribution in [0.2, 0.25) is 18.1 Å². The van der Waals surface area contributed by atoms with E-state index in [4.69, 9.17) is 4.43 Å². The maximum absolute atomic E-state index is 12.8. The van der Waals surface area contributed by atoms with Crippen LogP contribution in [0.4, 0.5) is 19.1 Å². The van der Waals surface area contributed by atoms with Gasteiger partial charge in [0.05, 0.1) is 17.7 Å². The number of amides is 1. The lowest BCUT2D eigenvalue weighted by molar-refractivity contribution is -0.139. The van der Waals surface area contributed by atoms with Gasteiger partial charge >= 0.3 is 6.18 Å². The highest BCUT2D eigenvalue weighted by atomic mass is 28.4. The first kappa shape index (κ1) is 23.9. The van der Waals surface area contributed by atoms with Crippen LogP contribution < -0.4 is 4.90 Å². The van der Waals surface area contributed by atoms with E-state index in [9.17, 15) is 23.1 Å². The molecule has 2 fully saturated rings. The highest BCUT2D eigenvalue weighted by Crippen LogP contribution is 2.39. The van der Waals surface area contributed by atoms with Crippen LogP contribution in [-0.2, 0) is 15.4 Å². The minimum Gasteiger partial charge on any atom is -0.410 e. The molecule has 3 atom stereocenters. The van der Waals surface area contributed by atoms with Crippen molar-refractivity contribution in [1.82, 2.24) is 14.9 Å². The second-order valence-electron chi connectivity index (χ2n) is 9.82. The molecule has 1 aromatic heterocycles. The van der Waals surface area contributed by atoms with E-state index in [1.165, 1.54) is 0 Å². The van der Waals surface area contributed by atoms with Crippen molar-refractivity contribution in [3.8, 4) is 0 Å². The molecule has 0 unspecified atom stereocenters. The summed E-state index contributed by atoms with van der Waals surface area (Å²) in [7, 11) is -2.21. The fourth-order valence-electron chi connectivity index (χ4n) is 3.76. The lowest BCUT2D eigenvalue weighted by Gasteiger charge is -2.47. The van der Waals surface area contributed by atoms with Crippen molar-refractivity contribution in [2.24, 2.45) is 0 Å². The molecule has 1 N–H and O–H groups in total. The second-order valence-corrected chi connectivity index (χ2v) is 14.6. The van der Waals surface area contributed by atoms with E-state index in [-0.39, 0.29) is 29.0 Å². The standard InChI is InChI=1S/C20H31F3N4O3Si/c1-19(2,3)31(4,5)30-16-12-26(18-24-10-13(11-25-18)20(21,22)23)8-6-14(16)27-9-7-15(28)17(27)29/h10-11,14-16,28H,6-9,12H2,1-5H3/t14-,15-,16-/m1/s1. The molecule has 2 saturated heterocycles. The molecule has 1 amide bonds. The number of likely N-dealkylation sites (tertiary alicyclic amines) is 1. The summed E-state index contributed by atoms with van der Waals surface area (Å²) in [6, 6.07) is -0.204. The largest absolute Gasteiger partial charge is 0.419 e. The number of carbonyl (C=O) groups excluding carboxylic acids is 1. The minimum absolute atomic E-state index is 0.0563. The van der Waals surface area contributed by atoms with Crippen LogP contribution in [0.15, 0.2) is 12.4 Å². The SMILES string of the molecule is CC(C)(C)[Si](C)(C)O[C@@H]1CN(c2ncc(C(F)(F)F)cn2)CC[C@H]1N1CC[C@@H](O)C1=O. The van der Waals surface area contributed by atoms with Gasteiger partial charge in [-0.05, 0) is 31.0 Å². The number of anilines is 1. The molecule has 2 aliphatic rings. The van der Waals surface area contributed by atoms with Crippen molar-refractivity contribution >= 4 is 20.2 Å².